The number of aliphatic hydroxyl groups is 1. The molecule has 88 valence electrons. The summed E-state index contributed by atoms with van der Waals surface area (Å²) in [5.41, 5.74) is 0. The number of hydrogen-bond donors (Lipinski definition) is 3. The second-order valence-electron chi connectivity index (χ2n) is 3.06. The molecule has 0 aromatic rings. The molecule has 0 spiro atoms. The third-order valence-corrected chi connectivity index (χ3v) is 1.77. The van der Waals surface area contributed by atoms with Gasteiger partial charge in [-0.05, 0) is 12.8 Å². The number of carboxylic acids is 2. The molecular formula is C9H16O6. The molecule has 0 saturated heterocycles. The van der Waals surface area contributed by atoms with Gasteiger partial charge in [0.25, 0.3) is 0 Å². The number of carboxylic acid groups (broad SMARTS) is 2. The van der Waals surface area contributed by atoms with E-state index in [1.807, 2.05) is 0 Å². The van der Waals surface area contributed by atoms with Crippen LogP contribution in [-0.2, 0) is 14.3 Å². The Morgan fingerprint density at radius 1 is 1.20 bits per heavy atom. The zero-order chi connectivity index (χ0) is 11.7. The Morgan fingerprint density at radius 2 is 1.87 bits per heavy atom. The molecule has 0 fully saturated rings. The van der Waals surface area contributed by atoms with Crippen LogP contribution in [0.25, 0.3) is 0 Å². The van der Waals surface area contributed by atoms with E-state index in [2.05, 4.69) is 0 Å². The number of aliphatic hydroxyl groups excluding tert-OH is 1. The molecule has 0 bridgehead atoms. The normalized spacial score (nSPS) is 12.3. The van der Waals surface area contributed by atoms with Crippen LogP contribution in [0.4, 0.5) is 0 Å². The maximum absolute atomic E-state index is 10.5. The van der Waals surface area contributed by atoms with Gasteiger partial charge >= 0.3 is 11.9 Å². The molecule has 3 N–H and O–H groups in total. The van der Waals surface area contributed by atoms with Gasteiger partial charge in [0.2, 0.25) is 0 Å². The molecule has 6 heteroatoms. The van der Waals surface area contributed by atoms with Gasteiger partial charge in [-0.15, -0.1) is 0 Å². The van der Waals surface area contributed by atoms with E-state index < -0.39 is 18.0 Å². The minimum atomic E-state index is -1.11. The van der Waals surface area contributed by atoms with Gasteiger partial charge < -0.3 is 20.1 Å². The molecule has 1 unspecified atom stereocenters. The standard InChI is InChI=1S/C9H16O6/c10-5-4-7(9(13)14)15-6-2-1-3-8(11)12/h7,10H,1-6H2,(H,11,12)(H,13,14). The van der Waals surface area contributed by atoms with Crippen molar-refractivity contribution in [2.45, 2.75) is 31.8 Å². The molecule has 0 heterocycles. The van der Waals surface area contributed by atoms with Crippen LogP contribution in [0, 0.1) is 0 Å². The summed E-state index contributed by atoms with van der Waals surface area (Å²) in [4.78, 5) is 20.7. The van der Waals surface area contributed by atoms with Gasteiger partial charge in [-0.3, -0.25) is 4.79 Å². The predicted molar refractivity (Wildman–Crippen MR) is 50.6 cm³/mol. The number of unbranched alkanes of at least 4 members (excludes halogenated alkanes) is 1. The van der Waals surface area contributed by atoms with E-state index in [1.54, 1.807) is 0 Å². The number of carbonyl (C=O) groups is 2. The van der Waals surface area contributed by atoms with Crippen LogP contribution >= 0.6 is 0 Å². The van der Waals surface area contributed by atoms with E-state index in [0.29, 0.717) is 12.8 Å². The molecule has 0 saturated carbocycles. The molecule has 0 amide bonds. The second-order valence-corrected chi connectivity index (χ2v) is 3.06. The van der Waals surface area contributed by atoms with Gasteiger partial charge in [0.05, 0.1) is 0 Å². The fourth-order valence-electron chi connectivity index (χ4n) is 0.999. The number of rotatable bonds is 9. The Morgan fingerprint density at radius 3 is 2.33 bits per heavy atom. The van der Waals surface area contributed by atoms with Crippen molar-refractivity contribution < 1.29 is 29.6 Å². The summed E-state index contributed by atoms with van der Waals surface area (Å²) >= 11 is 0. The summed E-state index contributed by atoms with van der Waals surface area (Å²) in [5, 5.41) is 25.5. The first-order valence-electron chi connectivity index (χ1n) is 4.75. The summed E-state index contributed by atoms with van der Waals surface area (Å²) in [6.07, 6.45) is 0.0670. The van der Waals surface area contributed by atoms with Crippen LogP contribution in [0.1, 0.15) is 25.7 Å². The fourth-order valence-corrected chi connectivity index (χ4v) is 0.999. The average molecular weight is 220 g/mol. The third kappa shape index (κ3) is 7.90. The minimum absolute atomic E-state index is 0.0499. The highest BCUT2D eigenvalue weighted by atomic mass is 16.5. The van der Waals surface area contributed by atoms with Crippen LogP contribution in [0.3, 0.4) is 0 Å². The monoisotopic (exact) mass is 220 g/mol. The van der Waals surface area contributed by atoms with E-state index in [-0.39, 0.29) is 26.1 Å². The summed E-state index contributed by atoms with van der Waals surface area (Å²) < 4.78 is 4.97. The summed E-state index contributed by atoms with van der Waals surface area (Å²) in [6.45, 7) is -0.0453. The fraction of sp³-hybridized carbons (Fsp3) is 0.778. The zero-order valence-corrected chi connectivity index (χ0v) is 8.39. The topological polar surface area (TPSA) is 104 Å². The molecular weight excluding hydrogens is 204 g/mol. The highest BCUT2D eigenvalue weighted by Crippen LogP contribution is 2.02. The van der Waals surface area contributed by atoms with E-state index in [0.717, 1.165) is 0 Å². The molecule has 0 aromatic heterocycles. The van der Waals surface area contributed by atoms with Crippen molar-refractivity contribution in [3.05, 3.63) is 0 Å². The first-order chi connectivity index (χ1) is 7.07. The molecule has 0 radical (unpaired) electrons. The summed E-state index contributed by atoms with van der Waals surface area (Å²) in [7, 11) is 0. The van der Waals surface area contributed by atoms with E-state index >= 15 is 0 Å². The van der Waals surface area contributed by atoms with Gasteiger partial charge in [0.15, 0.2) is 6.10 Å². The van der Waals surface area contributed by atoms with Gasteiger partial charge in [-0.1, -0.05) is 0 Å². The lowest BCUT2D eigenvalue weighted by Crippen LogP contribution is -2.25. The number of aliphatic carboxylic acids is 2. The first kappa shape index (κ1) is 13.9. The minimum Gasteiger partial charge on any atom is -0.481 e. The van der Waals surface area contributed by atoms with Crippen molar-refractivity contribution in [2.75, 3.05) is 13.2 Å². The van der Waals surface area contributed by atoms with Gasteiger partial charge in [0, 0.05) is 26.1 Å². The predicted octanol–water partition coefficient (Wildman–Crippen LogP) is 0.0935. The SMILES string of the molecule is O=C(O)CCCCOC(CCO)C(=O)O. The van der Waals surface area contributed by atoms with Gasteiger partial charge in [0.1, 0.15) is 0 Å². The van der Waals surface area contributed by atoms with Crippen LogP contribution in [-0.4, -0.2) is 46.6 Å². The lowest BCUT2D eigenvalue weighted by atomic mass is 10.2. The van der Waals surface area contributed by atoms with E-state index in [1.165, 1.54) is 0 Å². The third-order valence-electron chi connectivity index (χ3n) is 1.77. The maximum atomic E-state index is 10.5. The van der Waals surface area contributed by atoms with E-state index in [4.69, 9.17) is 20.1 Å². The maximum Gasteiger partial charge on any atom is 0.332 e. The molecule has 15 heavy (non-hydrogen) atoms. The molecule has 6 nitrogen and oxygen atoms in total. The zero-order valence-electron chi connectivity index (χ0n) is 8.39. The van der Waals surface area contributed by atoms with Crippen LogP contribution < -0.4 is 0 Å². The highest BCUT2D eigenvalue weighted by Gasteiger charge is 2.16. The molecule has 0 aliphatic heterocycles. The largest absolute Gasteiger partial charge is 0.481 e. The Hall–Kier alpha value is -1.14. The van der Waals surface area contributed by atoms with Gasteiger partial charge in [-0.2, -0.15) is 0 Å². The smallest absolute Gasteiger partial charge is 0.332 e. The quantitative estimate of drug-likeness (QED) is 0.476. The van der Waals surface area contributed by atoms with Crippen LogP contribution in [0.15, 0.2) is 0 Å². The molecule has 1 atom stereocenters. The first-order valence-corrected chi connectivity index (χ1v) is 4.75. The highest BCUT2D eigenvalue weighted by molar-refractivity contribution is 5.72. The van der Waals surface area contributed by atoms with Crippen molar-refractivity contribution >= 4 is 11.9 Å². The Labute approximate surface area is 87.5 Å². The Bertz CT molecular complexity index is 203. The summed E-state index contributed by atoms with van der Waals surface area (Å²) in [5.74, 6) is -1.98. The van der Waals surface area contributed by atoms with Crippen LogP contribution in [0.2, 0.25) is 0 Å². The Balaban J connectivity index is 3.53. The summed E-state index contributed by atoms with van der Waals surface area (Å²) in [6, 6.07) is 0. The van der Waals surface area contributed by atoms with Crippen molar-refractivity contribution in [3.63, 3.8) is 0 Å². The van der Waals surface area contributed by atoms with Crippen molar-refractivity contribution in [3.8, 4) is 0 Å². The van der Waals surface area contributed by atoms with Crippen molar-refractivity contribution in [1.82, 2.24) is 0 Å². The Kier molecular flexibility index (Phi) is 7.57. The molecule has 0 aromatic carbocycles. The number of hydrogen-bond acceptors (Lipinski definition) is 4. The molecule has 0 aliphatic rings. The molecule has 0 rings (SSSR count). The average Bonchev–Trinajstić information content (AvgIpc) is 2.15. The van der Waals surface area contributed by atoms with Crippen molar-refractivity contribution in [2.24, 2.45) is 0 Å². The van der Waals surface area contributed by atoms with Gasteiger partial charge in [-0.25, -0.2) is 4.79 Å². The lowest BCUT2D eigenvalue weighted by molar-refractivity contribution is -0.151. The lowest BCUT2D eigenvalue weighted by Gasteiger charge is -2.11. The van der Waals surface area contributed by atoms with Crippen LogP contribution in [0.5, 0.6) is 0 Å². The molecule has 0 aliphatic carbocycles. The van der Waals surface area contributed by atoms with Crippen molar-refractivity contribution in [1.29, 1.82) is 0 Å². The second kappa shape index (κ2) is 8.19. The van der Waals surface area contributed by atoms with E-state index in [9.17, 15) is 9.59 Å². The number of ether oxygens (including phenoxy) is 1.